The number of esters is 1. The zero-order valence-corrected chi connectivity index (χ0v) is 20.8. The molecule has 2 aliphatic heterocycles. The monoisotopic (exact) mass is 488 g/mol. The number of rotatable bonds is 5. The second-order valence-corrected chi connectivity index (χ2v) is 11.1. The molecule has 184 valence electrons. The summed E-state index contributed by atoms with van der Waals surface area (Å²) in [6.07, 6.45) is 3.47. The summed E-state index contributed by atoms with van der Waals surface area (Å²) in [5.41, 5.74) is 0.169. The molecule has 2 saturated heterocycles. The highest BCUT2D eigenvalue weighted by Gasteiger charge is 2.45. The Balaban J connectivity index is 1.38. The maximum atomic E-state index is 13.2. The smallest absolute Gasteiger partial charge is 0.316 e. The number of aromatic nitrogens is 2. The number of amides is 1. The van der Waals surface area contributed by atoms with Crippen LogP contribution in [0.15, 0.2) is 41.6 Å². The van der Waals surface area contributed by atoms with Gasteiger partial charge in [-0.25, -0.2) is 13.4 Å². The van der Waals surface area contributed by atoms with Gasteiger partial charge in [-0.3, -0.25) is 9.59 Å². The number of piperidine rings is 2. The van der Waals surface area contributed by atoms with Crippen molar-refractivity contribution >= 4 is 21.9 Å². The molecule has 1 amide bonds. The molecule has 0 spiro atoms. The molecule has 0 saturated carbocycles. The molecule has 3 heterocycles. The van der Waals surface area contributed by atoms with Gasteiger partial charge in [0.25, 0.3) is 10.0 Å². The lowest BCUT2D eigenvalue weighted by atomic mass is 9.72. The highest BCUT2D eigenvalue weighted by Crippen LogP contribution is 2.37. The van der Waals surface area contributed by atoms with Crippen molar-refractivity contribution in [2.45, 2.75) is 43.0 Å². The first-order chi connectivity index (χ1) is 16.2. The van der Waals surface area contributed by atoms with Crippen LogP contribution in [-0.2, 0) is 36.8 Å². The number of carbonyl (C=O) groups is 2. The maximum absolute atomic E-state index is 13.2. The number of likely N-dealkylation sites (tertiary alicyclic amines) is 1. The van der Waals surface area contributed by atoms with Crippen molar-refractivity contribution in [1.82, 2.24) is 18.8 Å². The van der Waals surface area contributed by atoms with Crippen LogP contribution in [0.4, 0.5) is 0 Å². The van der Waals surface area contributed by atoms with Crippen LogP contribution in [0.2, 0.25) is 0 Å². The lowest BCUT2D eigenvalue weighted by molar-refractivity contribution is -0.152. The van der Waals surface area contributed by atoms with E-state index < -0.39 is 15.4 Å². The van der Waals surface area contributed by atoms with Crippen molar-refractivity contribution < 1.29 is 22.7 Å². The predicted molar refractivity (Wildman–Crippen MR) is 125 cm³/mol. The Kier molecular flexibility index (Phi) is 6.82. The van der Waals surface area contributed by atoms with E-state index in [0.29, 0.717) is 44.6 Å². The van der Waals surface area contributed by atoms with Crippen molar-refractivity contribution in [3.05, 3.63) is 47.9 Å². The van der Waals surface area contributed by atoms with E-state index in [2.05, 4.69) is 4.98 Å². The fourth-order valence-corrected chi connectivity index (χ4v) is 6.55. The number of hydrogen-bond donors (Lipinski definition) is 0. The standard InChI is InChI=1S/C24H32N4O5S/c1-18-25-21(17-26(18)2)34(31,32)28-13-9-19(10-14-28)22(29)27-15-11-24(12-16-27,23(30)33-3)20-7-5-4-6-8-20/h4-8,17,19H,9-16H2,1-3H3. The van der Waals surface area contributed by atoms with Crippen LogP contribution in [0.1, 0.15) is 37.1 Å². The Hall–Kier alpha value is -2.72. The lowest BCUT2D eigenvalue weighted by Crippen LogP contribution is -2.52. The van der Waals surface area contributed by atoms with Crippen LogP contribution in [0.5, 0.6) is 0 Å². The number of nitrogens with zero attached hydrogens (tertiary/aromatic N) is 4. The van der Waals surface area contributed by atoms with E-state index in [9.17, 15) is 18.0 Å². The Morgan fingerprint density at radius 2 is 1.68 bits per heavy atom. The Bertz CT molecular complexity index is 1130. The largest absolute Gasteiger partial charge is 0.468 e. The molecule has 0 atom stereocenters. The van der Waals surface area contributed by atoms with Gasteiger partial charge in [0, 0.05) is 45.3 Å². The van der Waals surface area contributed by atoms with Gasteiger partial charge in [-0.2, -0.15) is 4.31 Å². The van der Waals surface area contributed by atoms with Gasteiger partial charge < -0.3 is 14.2 Å². The molecule has 2 fully saturated rings. The lowest BCUT2D eigenvalue weighted by Gasteiger charge is -2.41. The number of aryl methyl sites for hydroxylation is 2. The molecule has 1 aromatic carbocycles. The van der Waals surface area contributed by atoms with Crippen molar-refractivity contribution in [2.24, 2.45) is 13.0 Å². The van der Waals surface area contributed by atoms with Gasteiger partial charge in [0.05, 0.1) is 12.5 Å². The summed E-state index contributed by atoms with van der Waals surface area (Å²) < 4.78 is 34.1. The molecule has 0 bridgehead atoms. The molecule has 2 aromatic rings. The Morgan fingerprint density at radius 3 is 2.21 bits per heavy atom. The van der Waals surface area contributed by atoms with Crippen LogP contribution < -0.4 is 0 Å². The molecule has 0 N–H and O–H groups in total. The van der Waals surface area contributed by atoms with E-state index in [4.69, 9.17) is 4.74 Å². The van der Waals surface area contributed by atoms with Crippen LogP contribution in [0, 0.1) is 12.8 Å². The molecule has 0 radical (unpaired) electrons. The number of ether oxygens (including phenoxy) is 1. The summed E-state index contributed by atoms with van der Waals surface area (Å²) in [5.74, 6) is 0.179. The molecule has 1 aromatic heterocycles. The molecule has 9 nitrogen and oxygen atoms in total. The highest BCUT2D eigenvalue weighted by atomic mass is 32.2. The van der Waals surface area contributed by atoms with Crippen molar-refractivity contribution in [3.63, 3.8) is 0 Å². The summed E-state index contributed by atoms with van der Waals surface area (Å²) in [7, 11) is -0.508. The van der Waals surface area contributed by atoms with Crippen LogP contribution in [0.3, 0.4) is 0 Å². The number of carbonyl (C=O) groups excluding carboxylic acids is 2. The average molecular weight is 489 g/mol. The zero-order valence-electron chi connectivity index (χ0n) is 19.9. The minimum Gasteiger partial charge on any atom is -0.468 e. The molecule has 34 heavy (non-hydrogen) atoms. The third-order valence-electron chi connectivity index (χ3n) is 7.33. The first kappa shape index (κ1) is 24.4. The molecule has 10 heteroatoms. The van der Waals surface area contributed by atoms with Gasteiger partial charge in [0.15, 0.2) is 5.03 Å². The summed E-state index contributed by atoms with van der Waals surface area (Å²) in [6, 6.07) is 9.60. The Morgan fingerprint density at radius 1 is 1.06 bits per heavy atom. The molecule has 4 rings (SSSR count). The molecule has 0 unspecified atom stereocenters. The second-order valence-electron chi connectivity index (χ2n) is 9.18. The quantitative estimate of drug-likeness (QED) is 0.596. The van der Waals surface area contributed by atoms with Crippen LogP contribution in [0.25, 0.3) is 0 Å². The topological polar surface area (TPSA) is 102 Å². The van der Waals surface area contributed by atoms with Gasteiger partial charge in [-0.15, -0.1) is 0 Å². The fourth-order valence-electron chi connectivity index (χ4n) is 5.06. The van der Waals surface area contributed by atoms with Gasteiger partial charge in [0.1, 0.15) is 5.82 Å². The summed E-state index contributed by atoms with van der Waals surface area (Å²) in [6.45, 7) is 3.27. The number of hydrogen-bond acceptors (Lipinski definition) is 6. The van der Waals surface area contributed by atoms with E-state index in [1.54, 1.807) is 18.5 Å². The van der Waals surface area contributed by atoms with Gasteiger partial charge in [0.2, 0.25) is 5.91 Å². The minimum absolute atomic E-state index is 0.0391. The van der Waals surface area contributed by atoms with E-state index in [1.807, 2.05) is 35.2 Å². The van der Waals surface area contributed by atoms with Crippen LogP contribution >= 0.6 is 0 Å². The first-order valence-electron chi connectivity index (χ1n) is 11.6. The average Bonchev–Trinajstić information content (AvgIpc) is 3.22. The predicted octanol–water partition coefficient (Wildman–Crippen LogP) is 1.86. The van der Waals surface area contributed by atoms with Gasteiger partial charge in [-0.1, -0.05) is 30.3 Å². The van der Waals surface area contributed by atoms with Crippen molar-refractivity contribution in [2.75, 3.05) is 33.3 Å². The third-order valence-corrected chi connectivity index (χ3v) is 9.10. The second kappa shape index (κ2) is 9.50. The number of methoxy groups -OCH3 is 1. The normalized spacial score (nSPS) is 19.7. The van der Waals surface area contributed by atoms with Crippen LogP contribution in [-0.4, -0.2) is 72.3 Å². The third kappa shape index (κ3) is 4.36. The summed E-state index contributed by atoms with van der Waals surface area (Å²) in [5, 5.41) is 0.0494. The first-order valence-corrected chi connectivity index (χ1v) is 13.1. The molecule has 0 aliphatic carbocycles. The summed E-state index contributed by atoms with van der Waals surface area (Å²) in [4.78, 5) is 32.0. The number of sulfonamides is 1. The van der Waals surface area contributed by atoms with E-state index in [1.165, 1.54) is 17.6 Å². The molecular formula is C24H32N4O5S. The van der Waals surface area contributed by atoms with Gasteiger partial charge in [-0.05, 0) is 38.2 Å². The van der Waals surface area contributed by atoms with Crippen molar-refractivity contribution in [1.29, 1.82) is 0 Å². The fraction of sp³-hybridized carbons (Fsp3) is 0.542. The van der Waals surface area contributed by atoms with Gasteiger partial charge >= 0.3 is 5.97 Å². The summed E-state index contributed by atoms with van der Waals surface area (Å²) >= 11 is 0. The molecular weight excluding hydrogens is 456 g/mol. The maximum Gasteiger partial charge on any atom is 0.316 e. The molecule has 2 aliphatic rings. The zero-order chi connectivity index (χ0) is 24.5. The van der Waals surface area contributed by atoms with E-state index in [0.717, 1.165) is 5.56 Å². The van der Waals surface area contributed by atoms with E-state index in [-0.39, 0.29) is 35.9 Å². The minimum atomic E-state index is -3.67. The Labute approximate surface area is 200 Å². The number of benzene rings is 1. The number of imidazole rings is 1. The SMILES string of the molecule is COC(=O)C1(c2ccccc2)CCN(C(=O)C2CCN(S(=O)(=O)c3cn(C)c(C)n3)CC2)CC1. The van der Waals surface area contributed by atoms with Crippen molar-refractivity contribution in [3.8, 4) is 0 Å². The highest BCUT2D eigenvalue weighted by molar-refractivity contribution is 7.89. The van der Waals surface area contributed by atoms with E-state index >= 15 is 0 Å².